The summed E-state index contributed by atoms with van der Waals surface area (Å²) in [7, 11) is 1.61. The molecule has 0 aliphatic carbocycles. The molecule has 2 rings (SSSR count). The van der Waals surface area contributed by atoms with Gasteiger partial charge in [-0.05, 0) is 18.6 Å². The molecule has 0 saturated heterocycles. The summed E-state index contributed by atoms with van der Waals surface area (Å²) < 4.78 is 5.22. The van der Waals surface area contributed by atoms with Gasteiger partial charge in [0.05, 0.1) is 24.7 Å². The Morgan fingerprint density at radius 1 is 1.27 bits per heavy atom. The largest absolute Gasteiger partial charge is 0.494 e. The number of methoxy groups -OCH3 is 1. The number of benzene rings is 1. The van der Waals surface area contributed by atoms with Crippen molar-refractivity contribution >= 4 is 22.3 Å². The van der Waals surface area contributed by atoms with Crippen LogP contribution >= 0.6 is 0 Å². The Morgan fingerprint density at radius 2 is 2.00 bits per heavy atom. The monoisotopic (exact) mass is 203 g/mol. The summed E-state index contributed by atoms with van der Waals surface area (Å²) >= 11 is 0. The zero-order valence-corrected chi connectivity index (χ0v) is 8.74. The van der Waals surface area contributed by atoms with E-state index in [0.29, 0.717) is 17.1 Å². The fraction of sp³-hybridized carbons (Fsp3) is 0.182. The molecule has 0 fully saturated rings. The van der Waals surface area contributed by atoms with Gasteiger partial charge in [0.25, 0.3) is 0 Å². The summed E-state index contributed by atoms with van der Waals surface area (Å²) in [6.45, 7) is 1.97. The van der Waals surface area contributed by atoms with Crippen LogP contribution < -0.4 is 16.2 Å². The molecule has 78 valence electrons. The van der Waals surface area contributed by atoms with E-state index in [2.05, 4.69) is 4.98 Å². The number of aryl methyl sites for hydroxylation is 1. The average Bonchev–Trinajstić information content (AvgIpc) is 2.24. The Morgan fingerprint density at radius 3 is 2.67 bits per heavy atom. The van der Waals surface area contributed by atoms with Gasteiger partial charge in [-0.2, -0.15) is 0 Å². The van der Waals surface area contributed by atoms with Gasteiger partial charge in [-0.25, -0.2) is 0 Å². The molecule has 4 nitrogen and oxygen atoms in total. The summed E-state index contributed by atoms with van der Waals surface area (Å²) in [6.07, 6.45) is 1.56. The number of nitrogen functional groups attached to an aromatic ring is 2. The molecule has 1 aromatic carbocycles. The Kier molecular flexibility index (Phi) is 2.11. The molecular formula is C11H13N3O. The number of hydrogen-bond donors (Lipinski definition) is 2. The van der Waals surface area contributed by atoms with Gasteiger partial charge in [-0.1, -0.05) is 6.07 Å². The van der Waals surface area contributed by atoms with E-state index in [4.69, 9.17) is 16.2 Å². The van der Waals surface area contributed by atoms with E-state index < -0.39 is 0 Å². The maximum Gasteiger partial charge on any atom is 0.145 e. The summed E-state index contributed by atoms with van der Waals surface area (Å²) in [5.74, 6) is 0.710. The van der Waals surface area contributed by atoms with Crippen LogP contribution in [0.5, 0.6) is 5.75 Å². The molecule has 0 radical (unpaired) electrons. The van der Waals surface area contributed by atoms with Crippen molar-refractivity contribution in [1.82, 2.24) is 4.98 Å². The fourth-order valence-corrected chi connectivity index (χ4v) is 1.65. The molecule has 0 unspecified atom stereocenters. The van der Waals surface area contributed by atoms with Gasteiger partial charge in [-0.15, -0.1) is 0 Å². The minimum atomic E-state index is 0.499. The second-order valence-electron chi connectivity index (χ2n) is 3.44. The van der Waals surface area contributed by atoms with Crippen LogP contribution in [0.2, 0.25) is 0 Å². The SMILES string of the molecule is COc1ccc(C)c2c(N)c(N)cnc12. The highest BCUT2D eigenvalue weighted by Gasteiger charge is 2.10. The lowest BCUT2D eigenvalue weighted by Gasteiger charge is -2.10. The molecule has 0 amide bonds. The molecule has 2 aromatic rings. The Bertz CT molecular complexity index is 523. The number of rotatable bonds is 1. The van der Waals surface area contributed by atoms with Gasteiger partial charge in [0.2, 0.25) is 0 Å². The van der Waals surface area contributed by atoms with Gasteiger partial charge in [0.1, 0.15) is 11.3 Å². The van der Waals surface area contributed by atoms with Crippen molar-refractivity contribution in [3.63, 3.8) is 0 Å². The third-order valence-corrected chi connectivity index (χ3v) is 2.48. The second-order valence-corrected chi connectivity index (χ2v) is 3.44. The van der Waals surface area contributed by atoms with E-state index in [1.807, 2.05) is 19.1 Å². The number of aromatic nitrogens is 1. The van der Waals surface area contributed by atoms with Crippen molar-refractivity contribution in [3.05, 3.63) is 23.9 Å². The number of anilines is 2. The van der Waals surface area contributed by atoms with Gasteiger partial charge >= 0.3 is 0 Å². The van der Waals surface area contributed by atoms with Gasteiger partial charge in [-0.3, -0.25) is 4.98 Å². The molecule has 0 atom stereocenters. The van der Waals surface area contributed by atoms with Crippen LogP contribution in [-0.2, 0) is 0 Å². The van der Waals surface area contributed by atoms with Crippen LogP contribution in [0.1, 0.15) is 5.56 Å². The average molecular weight is 203 g/mol. The van der Waals surface area contributed by atoms with Crippen LogP contribution in [0.4, 0.5) is 11.4 Å². The zero-order chi connectivity index (χ0) is 11.0. The van der Waals surface area contributed by atoms with Crippen LogP contribution in [0.25, 0.3) is 10.9 Å². The molecule has 15 heavy (non-hydrogen) atoms. The molecule has 4 heteroatoms. The van der Waals surface area contributed by atoms with Crippen molar-refractivity contribution in [3.8, 4) is 5.75 Å². The molecular weight excluding hydrogens is 190 g/mol. The highest BCUT2D eigenvalue weighted by atomic mass is 16.5. The summed E-state index contributed by atoms with van der Waals surface area (Å²) in [5.41, 5.74) is 14.5. The van der Waals surface area contributed by atoms with Crippen molar-refractivity contribution in [2.75, 3.05) is 18.6 Å². The Balaban J connectivity index is 2.93. The predicted molar refractivity (Wildman–Crippen MR) is 61.9 cm³/mol. The number of fused-ring (bicyclic) bond motifs is 1. The zero-order valence-electron chi connectivity index (χ0n) is 8.74. The quantitative estimate of drug-likeness (QED) is 0.740. The minimum Gasteiger partial charge on any atom is -0.494 e. The summed E-state index contributed by atoms with van der Waals surface area (Å²) in [5, 5.41) is 0.870. The number of ether oxygens (including phenoxy) is 1. The molecule has 1 aromatic heterocycles. The third kappa shape index (κ3) is 1.34. The lowest BCUT2D eigenvalue weighted by atomic mass is 10.1. The standard InChI is InChI=1S/C11H13N3O/c1-6-3-4-8(15-2)11-9(6)10(13)7(12)5-14-11/h3-5H,12H2,1-2H3,(H2,13,14). The molecule has 0 bridgehead atoms. The smallest absolute Gasteiger partial charge is 0.145 e. The van der Waals surface area contributed by atoms with Crippen molar-refractivity contribution in [1.29, 1.82) is 0 Å². The number of nitrogens with two attached hydrogens (primary N) is 2. The van der Waals surface area contributed by atoms with Crippen LogP contribution in [0.15, 0.2) is 18.3 Å². The lowest BCUT2D eigenvalue weighted by molar-refractivity contribution is 0.419. The van der Waals surface area contributed by atoms with E-state index in [-0.39, 0.29) is 0 Å². The fourth-order valence-electron chi connectivity index (χ4n) is 1.65. The molecule has 0 aliphatic rings. The highest BCUT2D eigenvalue weighted by molar-refractivity contribution is 6.00. The molecule has 1 heterocycles. The van der Waals surface area contributed by atoms with E-state index in [1.165, 1.54) is 0 Å². The van der Waals surface area contributed by atoms with Gasteiger partial charge < -0.3 is 16.2 Å². The van der Waals surface area contributed by atoms with E-state index in [9.17, 15) is 0 Å². The Hall–Kier alpha value is -1.97. The first kappa shape index (κ1) is 9.58. The first-order valence-electron chi connectivity index (χ1n) is 4.62. The molecule has 0 aliphatic heterocycles. The number of hydrogen-bond acceptors (Lipinski definition) is 4. The molecule has 0 saturated carbocycles. The van der Waals surface area contributed by atoms with Gasteiger partial charge in [0, 0.05) is 5.39 Å². The molecule has 0 spiro atoms. The number of nitrogens with zero attached hydrogens (tertiary/aromatic N) is 1. The normalized spacial score (nSPS) is 10.5. The van der Waals surface area contributed by atoms with Crippen molar-refractivity contribution in [2.24, 2.45) is 0 Å². The maximum atomic E-state index is 5.92. The van der Waals surface area contributed by atoms with Crippen molar-refractivity contribution < 1.29 is 4.74 Å². The summed E-state index contributed by atoms with van der Waals surface area (Å²) in [6, 6.07) is 3.82. The van der Waals surface area contributed by atoms with Crippen LogP contribution in [0, 0.1) is 6.92 Å². The van der Waals surface area contributed by atoms with Crippen molar-refractivity contribution in [2.45, 2.75) is 6.92 Å². The topological polar surface area (TPSA) is 74.2 Å². The second kappa shape index (κ2) is 3.31. The van der Waals surface area contributed by atoms with E-state index in [0.717, 1.165) is 16.5 Å². The maximum absolute atomic E-state index is 5.92. The van der Waals surface area contributed by atoms with Gasteiger partial charge in [0.15, 0.2) is 0 Å². The lowest BCUT2D eigenvalue weighted by Crippen LogP contribution is -1.99. The molecule has 4 N–H and O–H groups in total. The van der Waals surface area contributed by atoms with Crippen LogP contribution in [-0.4, -0.2) is 12.1 Å². The minimum absolute atomic E-state index is 0.499. The van der Waals surface area contributed by atoms with E-state index in [1.54, 1.807) is 13.3 Å². The predicted octanol–water partition coefficient (Wildman–Crippen LogP) is 1.72. The highest BCUT2D eigenvalue weighted by Crippen LogP contribution is 2.32. The third-order valence-electron chi connectivity index (χ3n) is 2.48. The first-order valence-corrected chi connectivity index (χ1v) is 4.62. The number of pyridine rings is 1. The first-order chi connectivity index (χ1) is 7.15. The summed E-state index contributed by atoms with van der Waals surface area (Å²) in [4.78, 5) is 4.24. The van der Waals surface area contributed by atoms with E-state index >= 15 is 0 Å². The van der Waals surface area contributed by atoms with Crippen LogP contribution in [0.3, 0.4) is 0 Å². The Labute approximate surface area is 87.9 Å².